The average molecular weight is 201 g/mol. The van der Waals surface area contributed by atoms with Crippen LogP contribution in [0.15, 0.2) is 30.6 Å². The molecule has 1 aromatic heterocycles. The zero-order valence-corrected chi connectivity index (χ0v) is 9.04. The Balaban J connectivity index is 2.06. The molecule has 1 aromatic carbocycles. The number of anilines is 1. The second-order valence-corrected chi connectivity index (χ2v) is 3.64. The minimum absolute atomic E-state index is 0.764. The molecule has 0 spiro atoms. The van der Waals surface area contributed by atoms with Gasteiger partial charge in [0.05, 0.1) is 18.6 Å². The number of hydrogen-bond donors (Lipinski definition) is 2. The maximum Gasteiger partial charge on any atom is 0.0925 e. The van der Waals surface area contributed by atoms with Crippen molar-refractivity contribution < 1.29 is 0 Å². The molecule has 2 rings (SSSR count). The van der Waals surface area contributed by atoms with Crippen LogP contribution < -0.4 is 5.32 Å². The zero-order chi connectivity index (χ0) is 10.7. The smallest absolute Gasteiger partial charge is 0.0925 e. The van der Waals surface area contributed by atoms with Gasteiger partial charge in [-0.1, -0.05) is 18.2 Å². The number of hydrogen-bond acceptors (Lipinski definition) is 2. The first-order chi connectivity index (χ1) is 7.27. The fraction of sp³-hybridized carbons (Fsp3) is 0.250. The second-order valence-electron chi connectivity index (χ2n) is 3.64. The number of aromatic amines is 1. The number of aryl methyl sites for hydroxylation is 2. The fourth-order valence-electron chi connectivity index (χ4n) is 1.52. The Morgan fingerprint density at radius 2 is 2.07 bits per heavy atom. The van der Waals surface area contributed by atoms with Gasteiger partial charge < -0.3 is 10.3 Å². The quantitative estimate of drug-likeness (QED) is 0.801. The second kappa shape index (κ2) is 4.17. The van der Waals surface area contributed by atoms with E-state index in [1.807, 2.05) is 19.1 Å². The maximum absolute atomic E-state index is 4.24. The largest absolute Gasteiger partial charge is 0.379 e. The van der Waals surface area contributed by atoms with E-state index in [9.17, 15) is 0 Å². The highest BCUT2D eigenvalue weighted by molar-refractivity contribution is 5.50. The van der Waals surface area contributed by atoms with E-state index in [0.717, 1.165) is 17.9 Å². The Morgan fingerprint density at radius 3 is 2.73 bits per heavy atom. The van der Waals surface area contributed by atoms with E-state index in [2.05, 4.69) is 34.3 Å². The first-order valence-electron chi connectivity index (χ1n) is 5.05. The van der Waals surface area contributed by atoms with Crippen molar-refractivity contribution in [1.29, 1.82) is 0 Å². The Morgan fingerprint density at radius 1 is 1.27 bits per heavy atom. The number of rotatable bonds is 3. The Labute approximate surface area is 89.6 Å². The summed E-state index contributed by atoms with van der Waals surface area (Å²) in [5, 5.41) is 3.37. The van der Waals surface area contributed by atoms with Crippen molar-refractivity contribution >= 4 is 5.69 Å². The molecule has 0 saturated heterocycles. The van der Waals surface area contributed by atoms with Gasteiger partial charge >= 0.3 is 0 Å². The molecule has 2 aromatic rings. The predicted molar refractivity (Wildman–Crippen MR) is 61.8 cm³/mol. The van der Waals surface area contributed by atoms with Crippen LogP contribution in [0.2, 0.25) is 0 Å². The molecule has 1 heterocycles. The number of imidazole rings is 1. The lowest BCUT2D eigenvalue weighted by Gasteiger charge is -2.07. The van der Waals surface area contributed by atoms with Gasteiger partial charge in [-0.05, 0) is 25.5 Å². The predicted octanol–water partition coefficient (Wildman–Crippen LogP) is 2.64. The third-order valence-electron chi connectivity index (χ3n) is 2.53. The van der Waals surface area contributed by atoms with Gasteiger partial charge in [0.2, 0.25) is 0 Å². The van der Waals surface area contributed by atoms with Crippen LogP contribution in [0.4, 0.5) is 5.69 Å². The van der Waals surface area contributed by atoms with Gasteiger partial charge in [0.15, 0.2) is 0 Å². The van der Waals surface area contributed by atoms with Crippen molar-refractivity contribution in [3.05, 3.63) is 47.5 Å². The fourth-order valence-corrected chi connectivity index (χ4v) is 1.52. The van der Waals surface area contributed by atoms with Crippen LogP contribution in [0.25, 0.3) is 0 Å². The molecule has 15 heavy (non-hydrogen) atoms. The molecule has 0 radical (unpaired) electrons. The molecule has 2 N–H and O–H groups in total. The zero-order valence-electron chi connectivity index (χ0n) is 9.04. The number of nitrogens with one attached hydrogen (secondary N) is 2. The lowest BCUT2D eigenvalue weighted by atomic mass is 10.2. The third kappa shape index (κ3) is 2.18. The van der Waals surface area contributed by atoms with Crippen molar-refractivity contribution in [2.24, 2.45) is 0 Å². The summed E-state index contributed by atoms with van der Waals surface area (Å²) < 4.78 is 0. The van der Waals surface area contributed by atoms with Crippen molar-refractivity contribution in [3.63, 3.8) is 0 Å². The van der Waals surface area contributed by atoms with Crippen molar-refractivity contribution in [1.82, 2.24) is 9.97 Å². The summed E-state index contributed by atoms with van der Waals surface area (Å²) in [6, 6.07) is 8.25. The lowest BCUT2D eigenvalue weighted by Crippen LogP contribution is -2.02. The molecule has 0 aliphatic rings. The number of nitrogens with zero attached hydrogens (tertiary/aromatic N) is 1. The lowest BCUT2D eigenvalue weighted by molar-refractivity contribution is 1.05. The summed E-state index contributed by atoms with van der Waals surface area (Å²) in [6.45, 7) is 4.89. The summed E-state index contributed by atoms with van der Waals surface area (Å²) in [5.41, 5.74) is 4.61. The van der Waals surface area contributed by atoms with E-state index < -0.39 is 0 Å². The van der Waals surface area contributed by atoms with Crippen molar-refractivity contribution in [3.8, 4) is 0 Å². The minimum atomic E-state index is 0.764. The number of para-hydroxylation sites is 1. The van der Waals surface area contributed by atoms with Gasteiger partial charge in [-0.3, -0.25) is 0 Å². The van der Waals surface area contributed by atoms with Gasteiger partial charge in [0.25, 0.3) is 0 Å². The number of aromatic nitrogens is 2. The summed E-state index contributed by atoms with van der Waals surface area (Å²) in [5.74, 6) is 0. The van der Waals surface area contributed by atoms with E-state index in [1.165, 1.54) is 11.3 Å². The summed E-state index contributed by atoms with van der Waals surface area (Å²) >= 11 is 0. The topological polar surface area (TPSA) is 40.7 Å². The van der Waals surface area contributed by atoms with Crippen LogP contribution in [0.3, 0.4) is 0 Å². The highest BCUT2D eigenvalue weighted by atomic mass is 14.9. The van der Waals surface area contributed by atoms with Gasteiger partial charge in [0.1, 0.15) is 0 Å². The van der Waals surface area contributed by atoms with E-state index in [1.54, 1.807) is 6.33 Å². The molecular weight excluding hydrogens is 186 g/mol. The molecule has 3 nitrogen and oxygen atoms in total. The van der Waals surface area contributed by atoms with E-state index in [4.69, 9.17) is 0 Å². The first kappa shape index (κ1) is 9.77. The molecule has 0 fully saturated rings. The van der Waals surface area contributed by atoms with Crippen LogP contribution in [0, 0.1) is 13.8 Å². The molecule has 3 heteroatoms. The molecule has 0 bridgehead atoms. The summed E-state index contributed by atoms with van der Waals surface area (Å²) in [6.07, 6.45) is 1.73. The standard InChI is InChI=1S/C12H15N3/c1-9-5-3-4-6-11(9)13-7-12-10(2)14-8-15-12/h3-6,8,13H,7H2,1-2H3,(H,14,15). The van der Waals surface area contributed by atoms with E-state index in [0.29, 0.717) is 0 Å². The van der Waals surface area contributed by atoms with Gasteiger partial charge in [-0.25, -0.2) is 4.98 Å². The Hall–Kier alpha value is -1.77. The van der Waals surface area contributed by atoms with Crippen LogP contribution >= 0.6 is 0 Å². The van der Waals surface area contributed by atoms with E-state index >= 15 is 0 Å². The Bertz CT molecular complexity index is 446. The van der Waals surface area contributed by atoms with Crippen LogP contribution in [-0.4, -0.2) is 9.97 Å². The summed E-state index contributed by atoms with van der Waals surface area (Å²) in [4.78, 5) is 7.31. The van der Waals surface area contributed by atoms with Crippen LogP contribution in [0.5, 0.6) is 0 Å². The summed E-state index contributed by atoms with van der Waals surface area (Å²) in [7, 11) is 0. The average Bonchev–Trinajstić information content (AvgIpc) is 2.63. The number of H-pyrrole nitrogens is 1. The van der Waals surface area contributed by atoms with Gasteiger partial charge in [0, 0.05) is 11.4 Å². The molecule has 0 aliphatic carbocycles. The van der Waals surface area contributed by atoms with Crippen LogP contribution in [0.1, 0.15) is 17.0 Å². The Kier molecular flexibility index (Phi) is 2.72. The third-order valence-corrected chi connectivity index (χ3v) is 2.53. The maximum atomic E-state index is 4.24. The molecule has 0 unspecified atom stereocenters. The molecule has 0 aliphatic heterocycles. The number of benzene rings is 1. The van der Waals surface area contributed by atoms with Gasteiger partial charge in [-0.15, -0.1) is 0 Å². The van der Waals surface area contributed by atoms with Crippen molar-refractivity contribution in [2.75, 3.05) is 5.32 Å². The first-order valence-corrected chi connectivity index (χ1v) is 5.05. The normalized spacial score (nSPS) is 10.3. The molecule has 0 saturated carbocycles. The monoisotopic (exact) mass is 201 g/mol. The SMILES string of the molecule is Cc1ccccc1NCc1nc[nH]c1C. The molecule has 0 atom stereocenters. The van der Waals surface area contributed by atoms with E-state index in [-0.39, 0.29) is 0 Å². The van der Waals surface area contributed by atoms with Gasteiger partial charge in [-0.2, -0.15) is 0 Å². The highest BCUT2D eigenvalue weighted by Gasteiger charge is 2.01. The minimum Gasteiger partial charge on any atom is -0.379 e. The molecular formula is C12H15N3. The van der Waals surface area contributed by atoms with Crippen molar-refractivity contribution in [2.45, 2.75) is 20.4 Å². The molecule has 0 amide bonds. The van der Waals surface area contributed by atoms with Crippen LogP contribution in [-0.2, 0) is 6.54 Å². The molecule has 78 valence electrons. The highest BCUT2D eigenvalue weighted by Crippen LogP contribution is 2.14.